The van der Waals surface area contributed by atoms with E-state index in [1.54, 1.807) is 18.2 Å². The summed E-state index contributed by atoms with van der Waals surface area (Å²) in [4.78, 5) is 4.97. The first-order valence-electron chi connectivity index (χ1n) is 7.91. The molecule has 2 heterocycles. The second-order valence-electron chi connectivity index (χ2n) is 6.37. The molecule has 2 aromatic carbocycles. The molecule has 27 heavy (non-hydrogen) atoms. The van der Waals surface area contributed by atoms with Gasteiger partial charge in [0.25, 0.3) is 5.60 Å². The van der Waals surface area contributed by atoms with Crippen molar-refractivity contribution in [3.8, 4) is 0 Å². The van der Waals surface area contributed by atoms with Crippen LogP contribution in [0.2, 0.25) is 10.0 Å². The zero-order valence-corrected chi connectivity index (χ0v) is 15.1. The summed E-state index contributed by atoms with van der Waals surface area (Å²) in [5.41, 5.74) is -1.02. The Morgan fingerprint density at radius 1 is 1.11 bits per heavy atom. The average Bonchev–Trinajstić information content (AvgIpc) is 3.19. The van der Waals surface area contributed by atoms with Crippen molar-refractivity contribution < 1.29 is 27.7 Å². The van der Waals surface area contributed by atoms with Crippen LogP contribution in [0.3, 0.4) is 0 Å². The molecule has 0 aromatic heterocycles. The third-order valence-corrected chi connectivity index (χ3v) is 5.09. The Morgan fingerprint density at radius 3 is 2.48 bits per heavy atom. The Bertz CT molecular complexity index is 933. The van der Waals surface area contributed by atoms with Gasteiger partial charge in [-0.3, -0.25) is 0 Å². The fourth-order valence-electron chi connectivity index (χ4n) is 3.26. The van der Waals surface area contributed by atoms with Crippen molar-refractivity contribution in [3.05, 3.63) is 63.1 Å². The Morgan fingerprint density at radius 2 is 1.81 bits per heavy atom. The number of alkyl halides is 3. The lowest BCUT2D eigenvalue weighted by atomic mass is 9.78. The summed E-state index contributed by atoms with van der Waals surface area (Å²) in [7, 11) is -1.03. The van der Waals surface area contributed by atoms with Crippen LogP contribution in [-0.4, -0.2) is 24.0 Å². The molecule has 2 aromatic rings. The van der Waals surface area contributed by atoms with E-state index in [-0.39, 0.29) is 27.9 Å². The fourth-order valence-corrected chi connectivity index (χ4v) is 3.78. The minimum Gasteiger partial charge on any atom is -0.423 e. The molecule has 0 saturated carbocycles. The van der Waals surface area contributed by atoms with Crippen molar-refractivity contribution in [1.29, 1.82) is 0 Å². The molecule has 140 valence electrons. The third-order valence-electron chi connectivity index (χ3n) is 4.65. The van der Waals surface area contributed by atoms with E-state index in [9.17, 15) is 18.2 Å². The number of hydrogen-bond donors (Lipinski definition) is 1. The number of benzene rings is 2. The molecular formula is C17H11BCl2F3NO3. The zero-order valence-electron chi connectivity index (χ0n) is 13.6. The van der Waals surface area contributed by atoms with Gasteiger partial charge in [0, 0.05) is 22.0 Å². The minimum atomic E-state index is -4.75. The minimum absolute atomic E-state index is 0.0712. The molecule has 0 amide bonds. The maximum atomic E-state index is 14.0. The fraction of sp³-hybridized carbons (Fsp3) is 0.235. The number of hydrogen-bond acceptors (Lipinski definition) is 4. The van der Waals surface area contributed by atoms with Gasteiger partial charge >= 0.3 is 13.3 Å². The largest absolute Gasteiger partial charge is 0.491 e. The summed E-state index contributed by atoms with van der Waals surface area (Å²) in [6.07, 6.45) is -5.28. The van der Waals surface area contributed by atoms with E-state index in [1.165, 1.54) is 18.2 Å². The molecule has 4 nitrogen and oxygen atoms in total. The summed E-state index contributed by atoms with van der Waals surface area (Å²) in [5, 5.41) is 13.5. The summed E-state index contributed by atoms with van der Waals surface area (Å²) in [6, 6.07) is 8.52. The monoisotopic (exact) mass is 415 g/mol. The summed E-state index contributed by atoms with van der Waals surface area (Å²) in [6.45, 7) is 0.173. The van der Waals surface area contributed by atoms with Gasteiger partial charge in [-0.25, -0.2) is 0 Å². The maximum Gasteiger partial charge on any atom is 0.491 e. The predicted octanol–water partition coefficient (Wildman–Crippen LogP) is 3.79. The number of fused-ring (bicyclic) bond motifs is 1. The standard InChI is InChI=1S/C17H11BCl2F3NO3/c19-12-4-11(5-13(20)6-12)16(17(21,22)23)7-15(24-27-16)9-1-2-14-10(3-9)8-26-18(14)25/h1-6,25H,7-8H2. The first kappa shape index (κ1) is 18.6. The van der Waals surface area contributed by atoms with E-state index in [0.29, 0.717) is 16.6 Å². The molecule has 0 radical (unpaired) electrons. The van der Waals surface area contributed by atoms with Crippen molar-refractivity contribution in [2.24, 2.45) is 5.16 Å². The number of halogens is 5. The summed E-state index contributed by atoms with van der Waals surface area (Å²) >= 11 is 11.8. The molecule has 0 aliphatic carbocycles. The molecule has 0 fully saturated rings. The molecule has 1 unspecified atom stereocenters. The quantitative estimate of drug-likeness (QED) is 0.759. The van der Waals surface area contributed by atoms with E-state index >= 15 is 0 Å². The van der Waals surface area contributed by atoms with E-state index in [4.69, 9.17) is 32.7 Å². The van der Waals surface area contributed by atoms with Gasteiger partial charge in [0.2, 0.25) is 0 Å². The van der Waals surface area contributed by atoms with Crippen LogP contribution in [0.25, 0.3) is 0 Å². The van der Waals surface area contributed by atoms with Gasteiger partial charge in [0.05, 0.1) is 12.3 Å². The van der Waals surface area contributed by atoms with Crippen molar-refractivity contribution in [2.75, 3.05) is 0 Å². The number of rotatable bonds is 2. The van der Waals surface area contributed by atoms with Gasteiger partial charge in [-0.1, -0.05) is 40.5 Å². The van der Waals surface area contributed by atoms with Crippen molar-refractivity contribution in [2.45, 2.75) is 24.8 Å². The average molecular weight is 416 g/mol. The third kappa shape index (κ3) is 3.10. The van der Waals surface area contributed by atoms with Crippen LogP contribution in [0.4, 0.5) is 13.2 Å². The van der Waals surface area contributed by atoms with Crippen LogP contribution in [0.5, 0.6) is 0 Å². The molecule has 0 bridgehead atoms. The van der Waals surface area contributed by atoms with Gasteiger partial charge in [0.15, 0.2) is 0 Å². The molecule has 1 atom stereocenters. The molecule has 2 aliphatic heterocycles. The van der Waals surface area contributed by atoms with Crippen LogP contribution in [0, 0.1) is 0 Å². The highest BCUT2D eigenvalue weighted by atomic mass is 35.5. The molecule has 0 spiro atoms. The van der Waals surface area contributed by atoms with Crippen LogP contribution in [-0.2, 0) is 21.7 Å². The first-order chi connectivity index (χ1) is 12.7. The predicted molar refractivity (Wildman–Crippen MR) is 95.3 cm³/mol. The Hall–Kier alpha value is -1.74. The van der Waals surface area contributed by atoms with Crippen LogP contribution in [0.15, 0.2) is 41.6 Å². The molecule has 4 rings (SSSR count). The normalized spacial score (nSPS) is 21.9. The lowest BCUT2D eigenvalue weighted by Crippen LogP contribution is -2.42. The second-order valence-corrected chi connectivity index (χ2v) is 7.24. The van der Waals surface area contributed by atoms with Gasteiger partial charge < -0.3 is 14.5 Å². The van der Waals surface area contributed by atoms with Gasteiger partial charge in [-0.05, 0) is 40.9 Å². The van der Waals surface area contributed by atoms with E-state index < -0.39 is 25.3 Å². The SMILES string of the molecule is OB1OCc2cc(C3=NOC(c4cc(Cl)cc(Cl)c4)(C(F)(F)F)C3)ccc21. The molecule has 2 aliphatic rings. The van der Waals surface area contributed by atoms with Crippen LogP contribution in [0.1, 0.15) is 23.1 Å². The Labute approximate surface area is 162 Å². The van der Waals surface area contributed by atoms with Crippen LogP contribution < -0.4 is 5.46 Å². The number of nitrogens with zero attached hydrogens (tertiary/aromatic N) is 1. The smallest absolute Gasteiger partial charge is 0.423 e. The number of oxime groups is 1. The topological polar surface area (TPSA) is 51.0 Å². The van der Waals surface area contributed by atoms with E-state index in [1.807, 2.05) is 0 Å². The highest BCUT2D eigenvalue weighted by Gasteiger charge is 2.62. The van der Waals surface area contributed by atoms with Gasteiger partial charge in [-0.15, -0.1) is 0 Å². The van der Waals surface area contributed by atoms with Crippen LogP contribution >= 0.6 is 23.2 Å². The Balaban J connectivity index is 1.72. The second kappa shape index (κ2) is 6.41. The molecular weight excluding hydrogens is 405 g/mol. The lowest BCUT2D eigenvalue weighted by molar-refractivity contribution is -0.275. The molecule has 0 saturated heterocycles. The Kier molecular flexibility index (Phi) is 4.42. The van der Waals surface area contributed by atoms with Gasteiger partial charge in [0.1, 0.15) is 0 Å². The summed E-state index contributed by atoms with van der Waals surface area (Å²) in [5.74, 6) is 0. The summed E-state index contributed by atoms with van der Waals surface area (Å²) < 4.78 is 47.1. The van der Waals surface area contributed by atoms with Crippen molar-refractivity contribution in [1.82, 2.24) is 0 Å². The van der Waals surface area contributed by atoms with Gasteiger partial charge in [-0.2, -0.15) is 13.2 Å². The maximum absolute atomic E-state index is 14.0. The van der Waals surface area contributed by atoms with E-state index in [2.05, 4.69) is 5.16 Å². The van der Waals surface area contributed by atoms with E-state index in [0.717, 1.165) is 0 Å². The highest BCUT2D eigenvalue weighted by molar-refractivity contribution is 6.61. The molecule has 1 N–H and O–H groups in total. The van der Waals surface area contributed by atoms with Crippen molar-refractivity contribution >= 4 is 41.5 Å². The van der Waals surface area contributed by atoms with Crippen molar-refractivity contribution in [3.63, 3.8) is 0 Å². The first-order valence-corrected chi connectivity index (χ1v) is 8.66. The zero-order chi connectivity index (χ0) is 19.4. The highest BCUT2D eigenvalue weighted by Crippen LogP contribution is 2.49. The molecule has 10 heteroatoms. The lowest BCUT2D eigenvalue weighted by Gasteiger charge is -2.29.